The van der Waals surface area contributed by atoms with E-state index in [2.05, 4.69) is 80.0 Å². The van der Waals surface area contributed by atoms with Crippen molar-refractivity contribution in [3.8, 4) is 11.8 Å². The second kappa shape index (κ2) is 12.7. The molecule has 0 aliphatic heterocycles. The van der Waals surface area contributed by atoms with Crippen LogP contribution in [0.25, 0.3) is 10.8 Å². The Balaban J connectivity index is 1.41. The maximum absolute atomic E-state index is 15.2. The van der Waals surface area contributed by atoms with Gasteiger partial charge in [-0.05, 0) is 91.3 Å². The summed E-state index contributed by atoms with van der Waals surface area (Å²) in [6, 6.07) is 26.9. The van der Waals surface area contributed by atoms with Gasteiger partial charge in [-0.2, -0.15) is 0 Å². The molecule has 36 heavy (non-hydrogen) atoms. The van der Waals surface area contributed by atoms with Gasteiger partial charge in [0.25, 0.3) is 0 Å². The summed E-state index contributed by atoms with van der Waals surface area (Å²) in [4.78, 5) is 0. The smallest absolute Gasteiger partial charge is 0.146 e. The Labute approximate surface area is 215 Å². The first kappa shape index (κ1) is 25.2. The number of benzene rings is 4. The van der Waals surface area contributed by atoms with Gasteiger partial charge in [-0.15, -0.1) is 6.58 Å². The van der Waals surface area contributed by atoms with Gasteiger partial charge in [0.15, 0.2) is 0 Å². The van der Waals surface area contributed by atoms with Gasteiger partial charge in [-0.1, -0.05) is 90.7 Å². The highest BCUT2D eigenvalue weighted by Crippen LogP contribution is 2.23. The lowest BCUT2D eigenvalue weighted by Crippen LogP contribution is -1.94. The van der Waals surface area contributed by atoms with Crippen LogP contribution in [-0.2, 0) is 25.7 Å². The van der Waals surface area contributed by atoms with Gasteiger partial charge in [0.2, 0.25) is 0 Å². The summed E-state index contributed by atoms with van der Waals surface area (Å²) in [5, 5.41) is 1.54. The minimum atomic E-state index is -0.248. The van der Waals surface area contributed by atoms with E-state index in [1.807, 2.05) is 36.4 Å². The average Bonchev–Trinajstić information content (AvgIpc) is 2.92. The SMILES string of the molecule is C=CCCc1ccc(C#Cc2ccc3cc(CCc4ccc(CC/C=C/C)cc4)ccc3c2F)cc1. The first-order chi connectivity index (χ1) is 17.7. The number of hydrogen-bond donors (Lipinski definition) is 0. The first-order valence-corrected chi connectivity index (χ1v) is 12.8. The molecule has 0 amide bonds. The van der Waals surface area contributed by atoms with Crippen molar-refractivity contribution in [1.82, 2.24) is 0 Å². The van der Waals surface area contributed by atoms with Crippen molar-refractivity contribution in [1.29, 1.82) is 0 Å². The molecule has 0 heterocycles. The molecule has 4 aromatic carbocycles. The zero-order chi connectivity index (χ0) is 25.2. The van der Waals surface area contributed by atoms with Gasteiger partial charge in [0.05, 0.1) is 5.56 Å². The number of halogens is 1. The second-order valence-corrected chi connectivity index (χ2v) is 9.18. The zero-order valence-electron chi connectivity index (χ0n) is 21.1. The average molecular weight is 473 g/mol. The molecule has 0 fully saturated rings. The molecule has 0 aliphatic rings. The molecule has 0 bridgehead atoms. The summed E-state index contributed by atoms with van der Waals surface area (Å²) >= 11 is 0. The lowest BCUT2D eigenvalue weighted by Gasteiger charge is -2.07. The highest BCUT2D eigenvalue weighted by molar-refractivity contribution is 5.85. The molecule has 1 heteroatoms. The van der Waals surface area contributed by atoms with E-state index in [4.69, 9.17) is 0 Å². The lowest BCUT2D eigenvalue weighted by molar-refractivity contribution is 0.636. The molecule has 0 saturated carbocycles. The van der Waals surface area contributed by atoms with E-state index < -0.39 is 0 Å². The fourth-order valence-electron chi connectivity index (χ4n) is 4.33. The van der Waals surface area contributed by atoms with Crippen LogP contribution in [0.15, 0.2) is 104 Å². The van der Waals surface area contributed by atoms with Crippen molar-refractivity contribution in [3.63, 3.8) is 0 Å². The molecule has 0 spiro atoms. The third-order valence-corrected chi connectivity index (χ3v) is 6.51. The van der Waals surface area contributed by atoms with Crippen LogP contribution in [0.3, 0.4) is 0 Å². The van der Waals surface area contributed by atoms with Crippen LogP contribution >= 0.6 is 0 Å². The van der Waals surface area contributed by atoms with Crippen LogP contribution < -0.4 is 0 Å². The highest BCUT2D eigenvalue weighted by atomic mass is 19.1. The van der Waals surface area contributed by atoms with Gasteiger partial charge in [-0.3, -0.25) is 0 Å². The van der Waals surface area contributed by atoms with Crippen LogP contribution in [0.4, 0.5) is 4.39 Å². The van der Waals surface area contributed by atoms with Gasteiger partial charge >= 0.3 is 0 Å². The molecule has 4 aromatic rings. The lowest BCUT2D eigenvalue weighted by atomic mass is 9.98. The molecule has 0 unspecified atom stereocenters. The number of fused-ring (bicyclic) bond motifs is 1. The first-order valence-electron chi connectivity index (χ1n) is 12.8. The summed E-state index contributed by atoms with van der Waals surface area (Å²) in [5.41, 5.74) is 6.49. The largest absolute Gasteiger partial charge is 0.205 e. The van der Waals surface area contributed by atoms with Gasteiger partial charge in [-0.25, -0.2) is 4.39 Å². The van der Waals surface area contributed by atoms with Crippen molar-refractivity contribution in [2.75, 3.05) is 0 Å². The van der Waals surface area contributed by atoms with E-state index in [0.717, 1.165) is 49.5 Å². The Morgan fingerprint density at radius 2 is 1.31 bits per heavy atom. The summed E-state index contributed by atoms with van der Waals surface area (Å²) in [6.07, 6.45) is 12.2. The van der Waals surface area contributed by atoms with Gasteiger partial charge in [0.1, 0.15) is 5.82 Å². The standard InChI is InChI=1S/C35H33F/c1-3-5-7-9-28-12-14-29(15-13-28)18-19-31-21-25-34-33(26-31)24-23-32(35(34)36)22-20-30-16-10-27(11-17-30)8-6-4-2/h3-5,10-17,21,23-26H,2,6-9,18-19H2,1H3/b5-3+. The van der Waals surface area contributed by atoms with E-state index >= 15 is 4.39 Å². The quantitative estimate of drug-likeness (QED) is 0.169. The number of aryl methyl sites for hydroxylation is 4. The van der Waals surface area contributed by atoms with E-state index in [9.17, 15) is 0 Å². The van der Waals surface area contributed by atoms with Crippen LogP contribution in [0.1, 0.15) is 53.1 Å². The fourth-order valence-corrected chi connectivity index (χ4v) is 4.33. The Hall–Kier alpha value is -3.89. The third kappa shape index (κ3) is 6.83. The molecule has 180 valence electrons. The van der Waals surface area contributed by atoms with Crippen molar-refractivity contribution in [3.05, 3.63) is 143 Å². The molecule has 4 rings (SSSR count). The number of hydrogen-bond acceptors (Lipinski definition) is 0. The van der Waals surface area contributed by atoms with E-state index in [1.165, 1.54) is 22.3 Å². The number of rotatable bonds is 9. The molecule has 0 N–H and O–H groups in total. The van der Waals surface area contributed by atoms with Crippen LogP contribution in [0.5, 0.6) is 0 Å². The Kier molecular flexibility index (Phi) is 8.90. The fraction of sp³-hybridized carbons (Fsp3) is 0.200. The molecule has 0 saturated heterocycles. The monoisotopic (exact) mass is 472 g/mol. The molecule has 0 atom stereocenters. The molecular weight excluding hydrogens is 439 g/mol. The summed E-state index contributed by atoms with van der Waals surface area (Å²) in [7, 11) is 0. The van der Waals surface area contributed by atoms with Crippen LogP contribution in [-0.4, -0.2) is 0 Å². The number of allylic oxidation sites excluding steroid dienone is 3. The zero-order valence-corrected chi connectivity index (χ0v) is 21.1. The normalized spacial score (nSPS) is 10.9. The predicted octanol–water partition coefficient (Wildman–Crippen LogP) is 8.79. The Morgan fingerprint density at radius 3 is 2.00 bits per heavy atom. The van der Waals surface area contributed by atoms with E-state index in [0.29, 0.717) is 10.9 Å². The van der Waals surface area contributed by atoms with Crippen molar-refractivity contribution < 1.29 is 4.39 Å². The topological polar surface area (TPSA) is 0 Å². The summed E-state index contributed by atoms with van der Waals surface area (Å²) < 4.78 is 15.2. The molecule has 0 nitrogen and oxygen atoms in total. The van der Waals surface area contributed by atoms with Crippen LogP contribution in [0, 0.1) is 17.7 Å². The maximum Gasteiger partial charge on any atom is 0.146 e. The predicted molar refractivity (Wildman–Crippen MR) is 152 cm³/mol. The molecule has 0 aromatic heterocycles. The van der Waals surface area contributed by atoms with Gasteiger partial charge in [0, 0.05) is 10.9 Å². The molecule has 0 radical (unpaired) electrons. The van der Waals surface area contributed by atoms with Crippen molar-refractivity contribution in [2.45, 2.75) is 45.4 Å². The van der Waals surface area contributed by atoms with Crippen LogP contribution in [0.2, 0.25) is 0 Å². The minimum Gasteiger partial charge on any atom is -0.205 e. The summed E-state index contributed by atoms with van der Waals surface area (Å²) in [5.74, 6) is 5.88. The Morgan fingerprint density at radius 1 is 0.694 bits per heavy atom. The van der Waals surface area contributed by atoms with E-state index in [-0.39, 0.29) is 5.82 Å². The molecular formula is C35H33F. The maximum atomic E-state index is 15.2. The van der Waals surface area contributed by atoms with Crippen molar-refractivity contribution in [2.24, 2.45) is 0 Å². The van der Waals surface area contributed by atoms with E-state index in [1.54, 1.807) is 6.07 Å². The Bertz CT molecular complexity index is 1390. The highest BCUT2D eigenvalue weighted by Gasteiger charge is 2.07. The summed E-state index contributed by atoms with van der Waals surface area (Å²) in [6.45, 7) is 5.83. The third-order valence-electron chi connectivity index (χ3n) is 6.51. The molecule has 0 aliphatic carbocycles. The van der Waals surface area contributed by atoms with Crippen molar-refractivity contribution >= 4 is 10.8 Å². The second-order valence-electron chi connectivity index (χ2n) is 9.18. The minimum absolute atomic E-state index is 0.248. The van der Waals surface area contributed by atoms with Gasteiger partial charge < -0.3 is 0 Å².